The van der Waals surface area contributed by atoms with Crippen LogP contribution >= 0.6 is 11.8 Å². The summed E-state index contributed by atoms with van der Waals surface area (Å²) in [5, 5.41) is 14.9. The van der Waals surface area contributed by atoms with Crippen LogP contribution in [0.4, 0.5) is 17.1 Å². The van der Waals surface area contributed by atoms with Gasteiger partial charge in [0.05, 0.1) is 4.92 Å². The van der Waals surface area contributed by atoms with Crippen LogP contribution in [0.2, 0.25) is 0 Å². The van der Waals surface area contributed by atoms with E-state index in [-0.39, 0.29) is 11.4 Å². The van der Waals surface area contributed by atoms with E-state index in [1.54, 1.807) is 18.2 Å². The van der Waals surface area contributed by atoms with Gasteiger partial charge in [0.15, 0.2) is 0 Å². The third kappa shape index (κ3) is 2.53. The number of nitrogens with two attached hydrogens (primary N) is 1. The first kappa shape index (κ1) is 13.0. The zero-order chi connectivity index (χ0) is 13.1. The number of nitro groups is 1. The molecule has 2 atom stereocenters. The highest BCUT2D eigenvalue weighted by Gasteiger charge is 2.28. The maximum atomic E-state index is 11.0. The molecule has 0 heterocycles. The standard InChI is InChI=1S/C12H17N3O2S/c1-18-11-7-3-5-9(11)14-10-6-2-4-8(13)12(10)15(16)17/h2,4,6,9,11,14H,3,5,7,13H2,1H3. The van der Waals surface area contributed by atoms with Crippen molar-refractivity contribution in [3.05, 3.63) is 28.3 Å². The molecule has 1 saturated carbocycles. The number of para-hydroxylation sites is 1. The Morgan fingerprint density at radius 3 is 2.94 bits per heavy atom. The number of benzene rings is 1. The number of anilines is 2. The van der Waals surface area contributed by atoms with Gasteiger partial charge >= 0.3 is 5.69 Å². The van der Waals surface area contributed by atoms with Crippen LogP contribution in [0.15, 0.2) is 18.2 Å². The lowest BCUT2D eigenvalue weighted by atomic mass is 10.2. The van der Waals surface area contributed by atoms with Gasteiger partial charge in [0.1, 0.15) is 11.4 Å². The second-order valence-corrected chi connectivity index (χ2v) is 5.53. The molecule has 3 N–H and O–H groups in total. The minimum Gasteiger partial charge on any atom is -0.393 e. The Bertz CT molecular complexity index is 453. The predicted octanol–water partition coefficient (Wildman–Crippen LogP) is 2.87. The van der Waals surface area contributed by atoms with E-state index in [1.807, 2.05) is 11.8 Å². The molecule has 1 aromatic carbocycles. The van der Waals surface area contributed by atoms with Crippen LogP contribution in [0.3, 0.4) is 0 Å². The normalized spacial score (nSPS) is 22.9. The molecule has 0 radical (unpaired) electrons. The summed E-state index contributed by atoms with van der Waals surface area (Å²) in [6, 6.07) is 5.32. The average Bonchev–Trinajstić information content (AvgIpc) is 2.76. The quantitative estimate of drug-likeness (QED) is 0.498. The van der Waals surface area contributed by atoms with Crippen LogP contribution in [-0.2, 0) is 0 Å². The van der Waals surface area contributed by atoms with Crippen molar-refractivity contribution in [2.24, 2.45) is 0 Å². The number of nitrogens with zero attached hydrogens (tertiary/aromatic N) is 1. The van der Waals surface area contributed by atoms with E-state index in [1.165, 1.54) is 6.42 Å². The van der Waals surface area contributed by atoms with Crippen LogP contribution in [0.5, 0.6) is 0 Å². The topological polar surface area (TPSA) is 81.2 Å². The molecule has 18 heavy (non-hydrogen) atoms. The SMILES string of the molecule is CSC1CCCC1Nc1cccc(N)c1[N+](=O)[O-]. The first-order chi connectivity index (χ1) is 8.63. The fraction of sp³-hybridized carbons (Fsp3) is 0.500. The number of thioether (sulfide) groups is 1. The molecular formula is C12H17N3O2S. The highest BCUT2D eigenvalue weighted by molar-refractivity contribution is 7.99. The van der Waals surface area contributed by atoms with Gasteiger partial charge in [-0.05, 0) is 31.2 Å². The number of hydrogen-bond acceptors (Lipinski definition) is 5. The van der Waals surface area contributed by atoms with E-state index in [4.69, 9.17) is 5.73 Å². The molecule has 0 bridgehead atoms. The second kappa shape index (κ2) is 5.48. The Balaban J connectivity index is 2.23. The highest BCUT2D eigenvalue weighted by atomic mass is 32.2. The Kier molecular flexibility index (Phi) is 3.96. The van der Waals surface area contributed by atoms with E-state index in [9.17, 15) is 10.1 Å². The van der Waals surface area contributed by atoms with Gasteiger partial charge < -0.3 is 11.1 Å². The molecule has 0 aromatic heterocycles. The largest absolute Gasteiger partial charge is 0.393 e. The van der Waals surface area contributed by atoms with Crippen molar-refractivity contribution in [3.63, 3.8) is 0 Å². The molecule has 98 valence electrons. The molecular weight excluding hydrogens is 250 g/mol. The lowest BCUT2D eigenvalue weighted by Gasteiger charge is -2.20. The average molecular weight is 267 g/mol. The molecule has 0 aliphatic heterocycles. The zero-order valence-corrected chi connectivity index (χ0v) is 11.1. The van der Waals surface area contributed by atoms with Gasteiger partial charge in [-0.2, -0.15) is 11.8 Å². The van der Waals surface area contributed by atoms with Crippen molar-refractivity contribution in [2.45, 2.75) is 30.6 Å². The van der Waals surface area contributed by atoms with Gasteiger partial charge in [0, 0.05) is 11.3 Å². The summed E-state index contributed by atoms with van der Waals surface area (Å²) in [5.74, 6) is 0. The summed E-state index contributed by atoms with van der Waals surface area (Å²) in [6.45, 7) is 0. The number of rotatable bonds is 4. The van der Waals surface area contributed by atoms with Gasteiger partial charge in [-0.1, -0.05) is 12.5 Å². The van der Waals surface area contributed by atoms with E-state index >= 15 is 0 Å². The van der Waals surface area contributed by atoms with Crippen LogP contribution in [0.25, 0.3) is 0 Å². The molecule has 1 fully saturated rings. The Morgan fingerprint density at radius 1 is 1.50 bits per heavy atom. The molecule has 6 heteroatoms. The summed E-state index contributed by atoms with van der Waals surface area (Å²) < 4.78 is 0. The van der Waals surface area contributed by atoms with Gasteiger partial charge in [0.25, 0.3) is 0 Å². The molecule has 1 aliphatic rings. The summed E-state index contributed by atoms with van der Waals surface area (Å²) >= 11 is 1.81. The Morgan fingerprint density at radius 2 is 2.28 bits per heavy atom. The van der Waals surface area contributed by atoms with Gasteiger partial charge in [-0.25, -0.2) is 0 Å². The van der Waals surface area contributed by atoms with Gasteiger partial charge in [-0.3, -0.25) is 10.1 Å². The van der Waals surface area contributed by atoms with Crippen LogP contribution in [0.1, 0.15) is 19.3 Å². The minimum absolute atomic E-state index is 0.00995. The van der Waals surface area contributed by atoms with Gasteiger partial charge in [-0.15, -0.1) is 0 Å². The first-order valence-corrected chi connectivity index (χ1v) is 7.24. The predicted molar refractivity (Wildman–Crippen MR) is 76.1 cm³/mol. The van der Waals surface area contributed by atoms with Crippen molar-refractivity contribution in [1.29, 1.82) is 0 Å². The highest BCUT2D eigenvalue weighted by Crippen LogP contribution is 2.35. The third-order valence-corrected chi connectivity index (χ3v) is 4.52. The van der Waals surface area contributed by atoms with Crippen molar-refractivity contribution < 1.29 is 4.92 Å². The lowest BCUT2D eigenvalue weighted by Crippen LogP contribution is -2.26. The number of hydrogen-bond donors (Lipinski definition) is 2. The first-order valence-electron chi connectivity index (χ1n) is 5.95. The fourth-order valence-electron chi connectivity index (χ4n) is 2.45. The van der Waals surface area contributed by atoms with E-state index < -0.39 is 4.92 Å². The maximum absolute atomic E-state index is 11.0. The van der Waals surface area contributed by atoms with Crippen molar-refractivity contribution >= 4 is 28.8 Å². The monoisotopic (exact) mass is 267 g/mol. The molecule has 0 amide bonds. The van der Waals surface area contributed by atoms with Crippen molar-refractivity contribution in [1.82, 2.24) is 0 Å². The van der Waals surface area contributed by atoms with Crippen LogP contribution in [0, 0.1) is 10.1 Å². The Labute approximate surface area is 110 Å². The number of nitrogen functional groups attached to an aromatic ring is 1. The molecule has 1 aliphatic carbocycles. The smallest absolute Gasteiger partial charge is 0.314 e. The van der Waals surface area contributed by atoms with Crippen LogP contribution in [-0.4, -0.2) is 22.5 Å². The molecule has 2 rings (SSSR count). The lowest BCUT2D eigenvalue weighted by molar-refractivity contribution is -0.383. The van der Waals surface area contributed by atoms with E-state index in [2.05, 4.69) is 11.6 Å². The summed E-state index contributed by atoms with van der Waals surface area (Å²) in [4.78, 5) is 10.6. The maximum Gasteiger partial charge on any atom is 0.314 e. The third-order valence-electron chi connectivity index (χ3n) is 3.35. The minimum atomic E-state index is -0.416. The summed E-state index contributed by atoms with van der Waals surface area (Å²) in [5.41, 5.74) is 6.41. The molecule has 0 spiro atoms. The second-order valence-electron chi connectivity index (χ2n) is 4.46. The van der Waals surface area contributed by atoms with Crippen molar-refractivity contribution in [3.8, 4) is 0 Å². The molecule has 0 saturated heterocycles. The van der Waals surface area contributed by atoms with Crippen molar-refractivity contribution in [2.75, 3.05) is 17.3 Å². The Hall–Kier alpha value is -1.43. The number of nitro benzene ring substituents is 1. The fourth-order valence-corrected chi connectivity index (χ4v) is 3.39. The van der Waals surface area contributed by atoms with E-state index in [0.29, 0.717) is 17.0 Å². The van der Waals surface area contributed by atoms with Crippen LogP contribution < -0.4 is 11.1 Å². The molecule has 2 unspecified atom stereocenters. The summed E-state index contributed by atoms with van der Waals surface area (Å²) in [7, 11) is 0. The zero-order valence-electron chi connectivity index (χ0n) is 10.3. The summed E-state index contributed by atoms with van der Waals surface area (Å²) in [6.07, 6.45) is 5.46. The molecule has 1 aromatic rings. The molecule has 5 nitrogen and oxygen atoms in total. The van der Waals surface area contributed by atoms with E-state index in [0.717, 1.165) is 12.8 Å². The van der Waals surface area contributed by atoms with Gasteiger partial charge in [0.2, 0.25) is 0 Å². The number of nitrogens with one attached hydrogen (secondary N) is 1.